The number of benzene rings is 2. The van der Waals surface area contributed by atoms with Crippen molar-refractivity contribution in [1.82, 2.24) is 4.98 Å². The molecule has 0 atom stereocenters. The Labute approximate surface area is 208 Å². The van der Waals surface area contributed by atoms with Crippen molar-refractivity contribution in [3.05, 3.63) is 77.0 Å². The third kappa shape index (κ3) is 7.21. The van der Waals surface area contributed by atoms with E-state index in [-0.39, 0.29) is 0 Å². The summed E-state index contributed by atoms with van der Waals surface area (Å²) in [6, 6.07) is 14.3. The van der Waals surface area contributed by atoms with Gasteiger partial charge in [-0.25, -0.2) is 4.79 Å². The van der Waals surface area contributed by atoms with Crippen LogP contribution in [0.2, 0.25) is 0 Å². The quantitative estimate of drug-likeness (QED) is 0.337. The van der Waals surface area contributed by atoms with Crippen LogP contribution < -0.4 is 9.64 Å². The zero-order valence-electron chi connectivity index (χ0n) is 20.4. The second-order valence-electron chi connectivity index (χ2n) is 8.45. The maximum absolute atomic E-state index is 13.1. The van der Waals surface area contributed by atoms with Gasteiger partial charge in [-0.15, -0.1) is 0 Å². The molecule has 1 heterocycles. The maximum Gasteiger partial charge on any atom is 0.416 e. The topological polar surface area (TPSA) is 71.9 Å². The number of carbonyl (C=O) groups is 1. The second kappa shape index (κ2) is 11.9. The lowest BCUT2D eigenvalue weighted by molar-refractivity contribution is -0.139. The fourth-order valence-electron chi connectivity index (χ4n) is 3.81. The Balaban J connectivity index is 1.79. The summed E-state index contributed by atoms with van der Waals surface area (Å²) < 4.78 is 49.8. The number of methoxy groups -OCH3 is 1. The standard InChI is InChI=1S/C27H29F3N2O4/c1-18-21(9-11-24(31-18)19-6-4-8-22(14-19)27(28,29)30)16-32(2)23-10-12-25(36-17-26(33)34)20(15-23)7-5-13-35-3/h4,6,8-12,14-15H,5,7,13,16-17H2,1-3H3,(H,33,34). The number of aliphatic carboxylic acids is 1. The molecule has 0 spiro atoms. The zero-order chi connectivity index (χ0) is 26.3. The molecular formula is C27H29F3N2O4. The number of aryl methyl sites for hydroxylation is 2. The molecule has 0 amide bonds. The Morgan fingerprint density at radius 1 is 1.08 bits per heavy atom. The van der Waals surface area contributed by atoms with Gasteiger partial charge in [-0.2, -0.15) is 13.2 Å². The normalized spacial score (nSPS) is 11.4. The molecule has 6 nitrogen and oxygen atoms in total. The average Bonchev–Trinajstić information content (AvgIpc) is 2.84. The van der Waals surface area contributed by atoms with E-state index >= 15 is 0 Å². The van der Waals surface area contributed by atoms with E-state index in [9.17, 15) is 18.0 Å². The van der Waals surface area contributed by atoms with Crippen LogP contribution >= 0.6 is 0 Å². The molecule has 1 N–H and O–H groups in total. The Morgan fingerprint density at radius 2 is 1.86 bits per heavy atom. The van der Waals surface area contributed by atoms with Gasteiger partial charge < -0.3 is 19.5 Å². The summed E-state index contributed by atoms with van der Waals surface area (Å²) >= 11 is 0. The Bertz CT molecular complexity index is 1200. The molecule has 0 bridgehead atoms. The van der Waals surface area contributed by atoms with E-state index in [1.54, 1.807) is 25.3 Å². The van der Waals surface area contributed by atoms with Crippen molar-refractivity contribution in [3.8, 4) is 17.0 Å². The third-order valence-electron chi connectivity index (χ3n) is 5.72. The number of hydrogen-bond donors (Lipinski definition) is 1. The molecular weight excluding hydrogens is 473 g/mol. The van der Waals surface area contributed by atoms with Crippen molar-refractivity contribution in [3.63, 3.8) is 0 Å². The molecule has 0 aliphatic heterocycles. The van der Waals surface area contributed by atoms with Gasteiger partial charge in [0.05, 0.1) is 11.3 Å². The lowest BCUT2D eigenvalue weighted by Crippen LogP contribution is -2.18. The van der Waals surface area contributed by atoms with Crippen molar-refractivity contribution >= 4 is 11.7 Å². The van der Waals surface area contributed by atoms with Crippen LogP contribution in [0.4, 0.5) is 18.9 Å². The monoisotopic (exact) mass is 502 g/mol. The van der Waals surface area contributed by atoms with Crippen LogP contribution in [0, 0.1) is 6.92 Å². The van der Waals surface area contributed by atoms with Crippen molar-refractivity contribution in [2.45, 2.75) is 32.5 Å². The summed E-state index contributed by atoms with van der Waals surface area (Å²) in [6.07, 6.45) is -2.99. The van der Waals surface area contributed by atoms with Crippen LogP contribution in [0.1, 0.15) is 28.8 Å². The van der Waals surface area contributed by atoms with E-state index in [4.69, 9.17) is 14.6 Å². The van der Waals surface area contributed by atoms with Crippen LogP contribution in [-0.4, -0.2) is 43.4 Å². The molecule has 0 aliphatic rings. The third-order valence-corrected chi connectivity index (χ3v) is 5.72. The first-order valence-corrected chi connectivity index (χ1v) is 11.4. The van der Waals surface area contributed by atoms with Crippen molar-refractivity contribution in [2.24, 2.45) is 0 Å². The number of ether oxygens (including phenoxy) is 2. The van der Waals surface area contributed by atoms with Gasteiger partial charge in [0.25, 0.3) is 0 Å². The summed E-state index contributed by atoms with van der Waals surface area (Å²) in [4.78, 5) is 17.5. The van der Waals surface area contributed by atoms with Crippen LogP contribution in [0.25, 0.3) is 11.3 Å². The maximum atomic E-state index is 13.1. The fourth-order valence-corrected chi connectivity index (χ4v) is 3.81. The van der Waals surface area contributed by atoms with Crippen molar-refractivity contribution in [1.29, 1.82) is 0 Å². The summed E-state index contributed by atoms with van der Waals surface area (Å²) in [5, 5.41) is 8.95. The van der Waals surface area contributed by atoms with Crippen LogP contribution in [-0.2, 0) is 28.7 Å². The highest BCUT2D eigenvalue weighted by atomic mass is 19.4. The molecule has 0 fully saturated rings. The van der Waals surface area contributed by atoms with E-state index in [0.29, 0.717) is 36.6 Å². The summed E-state index contributed by atoms with van der Waals surface area (Å²) in [6.45, 7) is 2.50. The summed E-state index contributed by atoms with van der Waals surface area (Å²) in [5.41, 5.74) is 3.62. The predicted octanol–water partition coefficient (Wildman–Crippen LogP) is 5.75. The number of anilines is 1. The number of carboxylic acids is 1. The van der Waals surface area contributed by atoms with Crippen molar-refractivity contribution < 1.29 is 32.5 Å². The minimum Gasteiger partial charge on any atom is -0.482 e. The molecule has 0 saturated heterocycles. The Kier molecular flexibility index (Phi) is 8.93. The lowest BCUT2D eigenvalue weighted by atomic mass is 10.0. The van der Waals surface area contributed by atoms with Gasteiger partial charge in [0.1, 0.15) is 5.75 Å². The predicted molar refractivity (Wildman–Crippen MR) is 131 cm³/mol. The zero-order valence-corrected chi connectivity index (χ0v) is 20.4. The molecule has 3 rings (SSSR count). The van der Waals surface area contributed by atoms with Gasteiger partial charge in [0.2, 0.25) is 0 Å². The SMILES string of the molecule is COCCCc1cc(N(C)Cc2ccc(-c3cccc(C(F)(F)F)c3)nc2C)ccc1OCC(=O)O. The minimum absolute atomic E-state index is 0.408. The van der Waals surface area contributed by atoms with Crippen molar-refractivity contribution in [2.75, 3.05) is 32.3 Å². The number of alkyl halides is 3. The van der Waals surface area contributed by atoms with Gasteiger partial charge in [0.15, 0.2) is 6.61 Å². The molecule has 0 radical (unpaired) electrons. The highest BCUT2D eigenvalue weighted by Gasteiger charge is 2.30. The number of carboxylic acid groups (broad SMARTS) is 1. The highest BCUT2D eigenvalue weighted by molar-refractivity contribution is 5.68. The number of halogens is 3. The fraction of sp³-hybridized carbons (Fsp3) is 0.333. The van der Waals surface area contributed by atoms with E-state index < -0.39 is 24.3 Å². The number of aromatic nitrogens is 1. The number of rotatable bonds is 11. The molecule has 0 saturated carbocycles. The first-order chi connectivity index (χ1) is 17.1. The molecule has 0 aliphatic carbocycles. The molecule has 192 valence electrons. The second-order valence-corrected chi connectivity index (χ2v) is 8.45. The first kappa shape index (κ1) is 27.0. The Morgan fingerprint density at radius 3 is 2.53 bits per heavy atom. The van der Waals surface area contributed by atoms with Crippen LogP contribution in [0.3, 0.4) is 0 Å². The highest BCUT2D eigenvalue weighted by Crippen LogP contribution is 2.32. The molecule has 3 aromatic rings. The van der Waals surface area contributed by atoms with Gasteiger partial charge in [-0.1, -0.05) is 18.2 Å². The lowest BCUT2D eigenvalue weighted by Gasteiger charge is -2.22. The smallest absolute Gasteiger partial charge is 0.416 e. The average molecular weight is 503 g/mol. The van der Waals surface area contributed by atoms with E-state index in [0.717, 1.165) is 41.1 Å². The van der Waals surface area contributed by atoms with E-state index in [2.05, 4.69) is 4.98 Å². The summed E-state index contributed by atoms with van der Waals surface area (Å²) in [7, 11) is 3.55. The minimum atomic E-state index is -4.41. The number of hydrogen-bond acceptors (Lipinski definition) is 5. The largest absolute Gasteiger partial charge is 0.482 e. The molecule has 36 heavy (non-hydrogen) atoms. The molecule has 9 heteroatoms. The first-order valence-electron chi connectivity index (χ1n) is 11.4. The number of nitrogens with zero attached hydrogens (tertiary/aromatic N) is 2. The van der Waals surface area contributed by atoms with Crippen LogP contribution in [0.5, 0.6) is 5.75 Å². The molecule has 0 unspecified atom stereocenters. The number of pyridine rings is 1. The van der Waals surface area contributed by atoms with Gasteiger partial charge in [-0.3, -0.25) is 4.98 Å². The van der Waals surface area contributed by atoms with Gasteiger partial charge in [0, 0.05) is 44.3 Å². The molecule has 1 aromatic heterocycles. The van der Waals surface area contributed by atoms with Crippen LogP contribution in [0.15, 0.2) is 54.6 Å². The Hall–Kier alpha value is -3.59. The summed E-state index contributed by atoms with van der Waals surface area (Å²) in [5.74, 6) is -0.524. The van der Waals surface area contributed by atoms with E-state index in [1.165, 1.54) is 6.07 Å². The van der Waals surface area contributed by atoms with E-state index in [1.807, 2.05) is 37.1 Å². The van der Waals surface area contributed by atoms with Gasteiger partial charge >= 0.3 is 12.1 Å². The molecule has 2 aromatic carbocycles. The van der Waals surface area contributed by atoms with Gasteiger partial charge in [-0.05, 0) is 67.3 Å².